The van der Waals surface area contributed by atoms with Gasteiger partial charge in [-0.05, 0) is 26.0 Å². The van der Waals surface area contributed by atoms with E-state index in [2.05, 4.69) is 10.4 Å². The molecule has 0 atom stereocenters. The lowest BCUT2D eigenvalue weighted by atomic mass is 10.1. The maximum atomic E-state index is 11.3. The Hall–Kier alpha value is -2.70. The Morgan fingerprint density at radius 1 is 1.48 bits per heavy atom. The summed E-state index contributed by atoms with van der Waals surface area (Å²) in [6.45, 7) is 3.74. The zero-order valence-electron chi connectivity index (χ0n) is 12.1. The number of benzene rings is 1. The largest absolute Gasteiger partial charge is 0.375 e. The molecular formula is C14H16N4O3. The second-order valence-electron chi connectivity index (χ2n) is 4.78. The fourth-order valence-electron chi connectivity index (χ4n) is 1.96. The summed E-state index contributed by atoms with van der Waals surface area (Å²) in [5.74, 6) is -0.201. The lowest BCUT2D eigenvalue weighted by Gasteiger charge is -2.08. The molecule has 110 valence electrons. The van der Waals surface area contributed by atoms with E-state index in [4.69, 9.17) is 0 Å². The number of nitrogens with one attached hydrogen (secondary N) is 1. The van der Waals surface area contributed by atoms with E-state index in [9.17, 15) is 14.9 Å². The van der Waals surface area contributed by atoms with Crippen LogP contribution in [0.25, 0.3) is 0 Å². The molecular weight excluding hydrogens is 272 g/mol. The van der Waals surface area contributed by atoms with Crippen molar-refractivity contribution in [2.24, 2.45) is 7.05 Å². The molecule has 1 N–H and O–H groups in total. The lowest BCUT2D eigenvalue weighted by molar-refractivity contribution is -0.384. The number of carbonyl (C=O) groups excluding carboxylic acids is 1. The molecule has 0 radical (unpaired) electrons. The van der Waals surface area contributed by atoms with Crippen molar-refractivity contribution in [3.63, 3.8) is 0 Å². The lowest BCUT2D eigenvalue weighted by Crippen LogP contribution is -2.05. The van der Waals surface area contributed by atoms with Crippen LogP contribution in [0.5, 0.6) is 0 Å². The third-order valence-corrected chi connectivity index (χ3v) is 3.41. The van der Waals surface area contributed by atoms with E-state index < -0.39 is 4.92 Å². The molecule has 1 aromatic carbocycles. The molecule has 0 unspecified atom stereocenters. The fourth-order valence-corrected chi connectivity index (χ4v) is 1.96. The van der Waals surface area contributed by atoms with E-state index in [1.165, 1.54) is 13.0 Å². The number of Topliss-reactive ketones (excluding diaryl/α,β-unsaturated/α-hetero) is 1. The number of carbonyl (C=O) groups is 1. The first-order chi connectivity index (χ1) is 9.90. The number of hydrogen-bond donors (Lipinski definition) is 1. The first kappa shape index (κ1) is 14.7. The van der Waals surface area contributed by atoms with Gasteiger partial charge < -0.3 is 5.32 Å². The van der Waals surface area contributed by atoms with Gasteiger partial charge in [-0.1, -0.05) is 0 Å². The summed E-state index contributed by atoms with van der Waals surface area (Å²) in [5.41, 5.74) is 2.55. The Balaban J connectivity index is 2.25. The number of nitrogens with zero attached hydrogens (tertiary/aromatic N) is 3. The molecule has 2 rings (SSSR count). The first-order valence-electron chi connectivity index (χ1n) is 6.41. The maximum Gasteiger partial charge on any atom is 0.293 e. The summed E-state index contributed by atoms with van der Waals surface area (Å²) < 4.78 is 1.74. The highest BCUT2D eigenvalue weighted by atomic mass is 16.6. The predicted octanol–water partition coefficient (Wildman–Crippen LogP) is 2.45. The zero-order chi connectivity index (χ0) is 15.6. The molecule has 0 aliphatic rings. The van der Waals surface area contributed by atoms with Crippen LogP contribution in [-0.2, 0) is 13.6 Å². The van der Waals surface area contributed by atoms with Crippen molar-refractivity contribution < 1.29 is 9.72 Å². The molecule has 21 heavy (non-hydrogen) atoms. The van der Waals surface area contributed by atoms with Gasteiger partial charge in [0, 0.05) is 36.5 Å². The number of hydrogen-bond acceptors (Lipinski definition) is 5. The minimum atomic E-state index is -0.495. The van der Waals surface area contributed by atoms with Gasteiger partial charge in [0.2, 0.25) is 0 Å². The van der Waals surface area contributed by atoms with Crippen LogP contribution in [0.2, 0.25) is 0 Å². The first-order valence-corrected chi connectivity index (χ1v) is 6.41. The van der Waals surface area contributed by atoms with Crippen molar-refractivity contribution in [2.75, 3.05) is 5.32 Å². The molecule has 1 heterocycles. The van der Waals surface area contributed by atoms with Gasteiger partial charge in [0.25, 0.3) is 5.69 Å². The number of rotatable bonds is 5. The number of ketones is 1. The van der Waals surface area contributed by atoms with E-state index >= 15 is 0 Å². The van der Waals surface area contributed by atoms with E-state index in [1.807, 2.05) is 14.0 Å². The average Bonchev–Trinajstić information content (AvgIpc) is 2.76. The fraction of sp³-hybridized carbons (Fsp3) is 0.286. The zero-order valence-corrected chi connectivity index (χ0v) is 12.1. The topological polar surface area (TPSA) is 90.1 Å². The summed E-state index contributed by atoms with van der Waals surface area (Å²) in [4.78, 5) is 21.9. The minimum absolute atomic E-state index is 0.107. The van der Waals surface area contributed by atoms with E-state index in [0.29, 0.717) is 17.8 Å². The van der Waals surface area contributed by atoms with Crippen LogP contribution in [0, 0.1) is 17.0 Å². The summed E-state index contributed by atoms with van der Waals surface area (Å²) in [5, 5.41) is 18.3. The van der Waals surface area contributed by atoms with Crippen molar-refractivity contribution >= 4 is 17.2 Å². The van der Waals surface area contributed by atoms with Gasteiger partial charge in [-0.25, -0.2) is 0 Å². The Labute approximate surface area is 121 Å². The number of nitro benzene ring substituents is 1. The average molecular weight is 288 g/mol. The molecule has 0 spiro atoms. The monoisotopic (exact) mass is 288 g/mol. The SMILES string of the molecule is CC(=O)c1ccc(NCc2cnn(C)c2C)c([N+](=O)[O-])c1. The molecule has 0 aliphatic carbocycles. The molecule has 0 fully saturated rings. The van der Waals surface area contributed by atoms with Crippen LogP contribution >= 0.6 is 0 Å². The van der Waals surface area contributed by atoms with Crippen molar-refractivity contribution in [1.29, 1.82) is 0 Å². The van der Waals surface area contributed by atoms with Gasteiger partial charge in [0.1, 0.15) is 5.69 Å². The van der Waals surface area contributed by atoms with Crippen molar-refractivity contribution in [2.45, 2.75) is 20.4 Å². The summed E-state index contributed by atoms with van der Waals surface area (Å²) in [6, 6.07) is 4.43. The third-order valence-electron chi connectivity index (χ3n) is 3.41. The smallest absolute Gasteiger partial charge is 0.293 e. The predicted molar refractivity (Wildman–Crippen MR) is 78.4 cm³/mol. The van der Waals surface area contributed by atoms with E-state index in [0.717, 1.165) is 11.3 Å². The Bertz CT molecular complexity index is 706. The molecule has 2 aromatic rings. The highest BCUT2D eigenvalue weighted by Crippen LogP contribution is 2.26. The Morgan fingerprint density at radius 2 is 2.19 bits per heavy atom. The summed E-state index contributed by atoms with van der Waals surface area (Å²) >= 11 is 0. The normalized spacial score (nSPS) is 10.4. The van der Waals surface area contributed by atoms with Gasteiger partial charge in [-0.2, -0.15) is 5.10 Å². The molecule has 0 bridgehead atoms. The molecule has 0 amide bonds. The number of nitro groups is 1. The number of anilines is 1. The van der Waals surface area contributed by atoms with Crippen LogP contribution in [0.15, 0.2) is 24.4 Å². The van der Waals surface area contributed by atoms with Crippen LogP contribution in [-0.4, -0.2) is 20.5 Å². The number of aromatic nitrogens is 2. The minimum Gasteiger partial charge on any atom is -0.375 e. The van der Waals surface area contributed by atoms with Crippen LogP contribution in [0.4, 0.5) is 11.4 Å². The maximum absolute atomic E-state index is 11.3. The van der Waals surface area contributed by atoms with Gasteiger partial charge in [0.15, 0.2) is 5.78 Å². The molecule has 7 heteroatoms. The molecule has 0 saturated carbocycles. The van der Waals surface area contributed by atoms with Gasteiger partial charge >= 0.3 is 0 Å². The highest BCUT2D eigenvalue weighted by molar-refractivity contribution is 5.95. The van der Waals surface area contributed by atoms with Crippen LogP contribution in [0.1, 0.15) is 28.5 Å². The van der Waals surface area contributed by atoms with Crippen molar-refractivity contribution in [1.82, 2.24) is 9.78 Å². The van der Waals surface area contributed by atoms with Gasteiger partial charge in [-0.15, -0.1) is 0 Å². The molecule has 7 nitrogen and oxygen atoms in total. The quantitative estimate of drug-likeness (QED) is 0.518. The number of aryl methyl sites for hydroxylation is 1. The van der Waals surface area contributed by atoms with Crippen molar-refractivity contribution in [3.8, 4) is 0 Å². The standard InChI is InChI=1S/C14H16N4O3/c1-9-12(8-16-17(9)3)7-15-13-5-4-11(10(2)19)6-14(13)18(20)21/h4-6,8,15H,7H2,1-3H3. The Morgan fingerprint density at radius 3 is 2.71 bits per heavy atom. The van der Waals surface area contributed by atoms with E-state index in [1.54, 1.807) is 23.0 Å². The van der Waals surface area contributed by atoms with Crippen molar-refractivity contribution in [3.05, 3.63) is 51.3 Å². The van der Waals surface area contributed by atoms with Crippen LogP contribution < -0.4 is 5.32 Å². The third kappa shape index (κ3) is 3.07. The highest BCUT2D eigenvalue weighted by Gasteiger charge is 2.16. The summed E-state index contributed by atoms with van der Waals surface area (Å²) in [7, 11) is 1.84. The molecule has 0 saturated heterocycles. The van der Waals surface area contributed by atoms with E-state index in [-0.39, 0.29) is 11.5 Å². The second kappa shape index (κ2) is 5.74. The summed E-state index contributed by atoms with van der Waals surface area (Å²) in [6.07, 6.45) is 1.72. The molecule has 0 aliphatic heterocycles. The molecule has 1 aromatic heterocycles. The second-order valence-corrected chi connectivity index (χ2v) is 4.78. The van der Waals surface area contributed by atoms with Crippen LogP contribution in [0.3, 0.4) is 0 Å². The van der Waals surface area contributed by atoms with Gasteiger partial charge in [0.05, 0.1) is 11.1 Å². The Kier molecular flexibility index (Phi) is 4.02. The van der Waals surface area contributed by atoms with Gasteiger partial charge in [-0.3, -0.25) is 19.6 Å².